The van der Waals surface area contributed by atoms with Gasteiger partial charge in [-0.15, -0.1) is 0 Å². The molecule has 1 amide bonds. The predicted octanol–water partition coefficient (Wildman–Crippen LogP) is 5.95. The van der Waals surface area contributed by atoms with Crippen LogP contribution < -0.4 is 16.1 Å². The highest BCUT2D eigenvalue weighted by Crippen LogP contribution is 2.22. The smallest absolute Gasteiger partial charge is 0.248 e. The molecule has 2 aromatic heterocycles. The standard InChI is InChI=1S/C29H22N4O3/c1-19-7-13-26-24(15-19)29(35)21(17-36-26)8-14-28(34)33-23-11-9-22(10-12-23)32-27-16-25(30-18-31-27)20-5-3-2-4-6-20/h2-18H,1H3,(H,33,34)(H,30,31,32)/b14-8+. The number of carbonyl (C=O) groups is 1. The van der Waals surface area contributed by atoms with Gasteiger partial charge in [-0.1, -0.05) is 42.0 Å². The molecule has 5 rings (SSSR count). The van der Waals surface area contributed by atoms with Crippen LogP contribution in [0.4, 0.5) is 17.2 Å². The number of hydrogen-bond donors (Lipinski definition) is 2. The molecule has 0 spiro atoms. The molecule has 36 heavy (non-hydrogen) atoms. The molecule has 7 nitrogen and oxygen atoms in total. The van der Waals surface area contributed by atoms with Crippen LogP contribution in [-0.2, 0) is 4.79 Å². The van der Waals surface area contributed by atoms with Crippen molar-refractivity contribution in [3.63, 3.8) is 0 Å². The summed E-state index contributed by atoms with van der Waals surface area (Å²) in [5, 5.41) is 6.52. The maximum Gasteiger partial charge on any atom is 0.248 e. The molecule has 0 unspecified atom stereocenters. The van der Waals surface area contributed by atoms with Crippen molar-refractivity contribution in [1.29, 1.82) is 0 Å². The lowest BCUT2D eigenvalue weighted by molar-refractivity contribution is -0.111. The van der Waals surface area contributed by atoms with Gasteiger partial charge in [0.1, 0.15) is 24.0 Å². The third-order valence-electron chi connectivity index (χ3n) is 5.53. The number of fused-ring (bicyclic) bond motifs is 1. The Balaban J connectivity index is 1.24. The topological polar surface area (TPSA) is 97.1 Å². The highest BCUT2D eigenvalue weighted by molar-refractivity contribution is 6.02. The van der Waals surface area contributed by atoms with E-state index in [0.29, 0.717) is 28.0 Å². The van der Waals surface area contributed by atoms with Crippen molar-refractivity contribution in [2.24, 2.45) is 0 Å². The quantitative estimate of drug-likeness (QED) is 0.295. The summed E-state index contributed by atoms with van der Waals surface area (Å²) in [6.45, 7) is 1.91. The fourth-order valence-electron chi connectivity index (χ4n) is 3.70. The van der Waals surface area contributed by atoms with Crippen LogP contribution in [0.15, 0.2) is 107 Å². The van der Waals surface area contributed by atoms with Crippen LogP contribution >= 0.6 is 0 Å². The van der Waals surface area contributed by atoms with Gasteiger partial charge in [-0.05, 0) is 49.4 Å². The molecule has 0 atom stereocenters. The maximum absolute atomic E-state index is 12.7. The summed E-state index contributed by atoms with van der Waals surface area (Å²) in [7, 11) is 0. The normalized spacial score (nSPS) is 11.0. The molecule has 0 radical (unpaired) electrons. The molecule has 5 aromatic rings. The van der Waals surface area contributed by atoms with Crippen LogP contribution in [0.3, 0.4) is 0 Å². The Labute approximate surface area is 207 Å². The molecule has 0 aliphatic heterocycles. The highest BCUT2D eigenvalue weighted by atomic mass is 16.3. The Kier molecular flexibility index (Phi) is 6.36. The lowest BCUT2D eigenvalue weighted by Crippen LogP contribution is -2.09. The Morgan fingerprint density at radius 3 is 2.50 bits per heavy atom. The van der Waals surface area contributed by atoms with E-state index >= 15 is 0 Å². The van der Waals surface area contributed by atoms with Crippen LogP contribution in [0.1, 0.15) is 11.1 Å². The largest absolute Gasteiger partial charge is 0.463 e. The first-order valence-corrected chi connectivity index (χ1v) is 11.3. The Morgan fingerprint density at radius 2 is 1.69 bits per heavy atom. The summed E-state index contributed by atoms with van der Waals surface area (Å²) in [5.41, 5.74) is 4.85. The first-order chi connectivity index (χ1) is 17.5. The van der Waals surface area contributed by atoms with E-state index in [1.165, 1.54) is 24.7 Å². The minimum Gasteiger partial charge on any atom is -0.463 e. The number of aryl methyl sites for hydroxylation is 1. The fraction of sp³-hybridized carbons (Fsp3) is 0.0345. The van der Waals surface area contributed by atoms with Gasteiger partial charge in [-0.2, -0.15) is 0 Å². The summed E-state index contributed by atoms with van der Waals surface area (Å²) in [6, 6.07) is 24.4. The van der Waals surface area contributed by atoms with Crippen molar-refractivity contribution < 1.29 is 9.21 Å². The fourth-order valence-corrected chi connectivity index (χ4v) is 3.70. The molecule has 2 N–H and O–H groups in total. The van der Waals surface area contributed by atoms with E-state index in [-0.39, 0.29) is 11.3 Å². The van der Waals surface area contributed by atoms with Crippen molar-refractivity contribution in [3.8, 4) is 11.3 Å². The van der Waals surface area contributed by atoms with Gasteiger partial charge in [0.25, 0.3) is 0 Å². The van der Waals surface area contributed by atoms with E-state index in [1.54, 1.807) is 24.3 Å². The van der Waals surface area contributed by atoms with E-state index in [2.05, 4.69) is 20.6 Å². The average molecular weight is 475 g/mol. The summed E-state index contributed by atoms with van der Waals surface area (Å²) < 4.78 is 5.52. The lowest BCUT2D eigenvalue weighted by atomic mass is 10.1. The van der Waals surface area contributed by atoms with Gasteiger partial charge in [0, 0.05) is 29.1 Å². The second-order valence-corrected chi connectivity index (χ2v) is 8.20. The van der Waals surface area contributed by atoms with E-state index in [9.17, 15) is 9.59 Å². The first-order valence-electron chi connectivity index (χ1n) is 11.3. The number of amides is 1. The number of nitrogens with one attached hydrogen (secondary N) is 2. The maximum atomic E-state index is 12.7. The van der Waals surface area contributed by atoms with Gasteiger partial charge in [0.2, 0.25) is 5.91 Å². The van der Waals surface area contributed by atoms with Crippen molar-refractivity contribution in [2.45, 2.75) is 6.92 Å². The van der Waals surface area contributed by atoms with Gasteiger partial charge in [0.15, 0.2) is 5.43 Å². The zero-order valence-electron chi connectivity index (χ0n) is 19.4. The number of rotatable bonds is 6. The van der Waals surface area contributed by atoms with Crippen LogP contribution in [0.25, 0.3) is 28.3 Å². The van der Waals surface area contributed by atoms with E-state index in [1.807, 2.05) is 61.5 Å². The Morgan fingerprint density at radius 1 is 0.917 bits per heavy atom. The molecule has 0 fully saturated rings. The number of benzene rings is 3. The summed E-state index contributed by atoms with van der Waals surface area (Å²) >= 11 is 0. The monoisotopic (exact) mass is 474 g/mol. The van der Waals surface area contributed by atoms with Gasteiger partial charge in [0.05, 0.1) is 16.6 Å². The molecule has 7 heteroatoms. The second-order valence-electron chi connectivity index (χ2n) is 8.20. The Bertz CT molecular complexity index is 1620. The van der Waals surface area contributed by atoms with Crippen LogP contribution in [-0.4, -0.2) is 15.9 Å². The van der Waals surface area contributed by atoms with Gasteiger partial charge in [-0.3, -0.25) is 9.59 Å². The number of carbonyl (C=O) groups excluding carboxylic acids is 1. The molecular formula is C29H22N4O3. The molecule has 0 aliphatic carbocycles. The second kappa shape index (κ2) is 10.1. The summed E-state index contributed by atoms with van der Waals surface area (Å²) in [6.07, 6.45) is 5.65. The van der Waals surface area contributed by atoms with Crippen molar-refractivity contribution in [2.75, 3.05) is 10.6 Å². The first kappa shape index (κ1) is 22.7. The van der Waals surface area contributed by atoms with E-state index in [4.69, 9.17) is 4.42 Å². The van der Waals surface area contributed by atoms with Crippen molar-refractivity contribution in [3.05, 3.63) is 119 Å². The molecule has 176 valence electrons. The van der Waals surface area contributed by atoms with E-state index < -0.39 is 0 Å². The molecule has 2 heterocycles. The molecule has 0 aliphatic rings. The molecule has 0 saturated heterocycles. The number of aromatic nitrogens is 2. The minimum atomic E-state index is -0.359. The van der Waals surface area contributed by atoms with Crippen molar-refractivity contribution >= 4 is 40.1 Å². The van der Waals surface area contributed by atoms with Gasteiger partial charge < -0.3 is 15.1 Å². The molecule has 0 bridgehead atoms. The lowest BCUT2D eigenvalue weighted by Gasteiger charge is -2.08. The van der Waals surface area contributed by atoms with Crippen LogP contribution in [0.5, 0.6) is 0 Å². The van der Waals surface area contributed by atoms with Crippen LogP contribution in [0, 0.1) is 6.92 Å². The van der Waals surface area contributed by atoms with E-state index in [0.717, 1.165) is 22.5 Å². The minimum absolute atomic E-state index is 0.181. The van der Waals surface area contributed by atoms with Gasteiger partial charge in [-0.25, -0.2) is 9.97 Å². The third kappa shape index (κ3) is 5.20. The third-order valence-corrected chi connectivity index (χ3v) is 5.53. The molecule has 0 saturated carbocycles. The van der Waals surface area contributed by atoms with Crippen LogP contribution in [0.2, 0.25) is 0 Å². The molecule has 3 aromatic carbocycles. The van der Waals surface area contributed by atoms with Gasteiger partial charge >= 0.3 is 0 Å². The zero-order valence-corrected chi connectivity index (χ0v) is 19.4. The highest BCUT2D eigenvalue weighted by Gasteiger charge is 2.07. The number of anilines is 3. The number of nitrogens with zero attached hydrogens (tertiary/aromatic N) is 2. The molecular weight excluding hydrogens is 452 g/mol. The average Bonchev–Trinajstić information content (AvgIpc) is 2.90. The predicted molar refractivity (Wildman–Crippen MR) is 142 cm³/mol. The van der Waals surface area contributed by atoms with Crippen molar-refractivity contribution in [1.82, 2.24) is 9.97 Å². The Hall–Kier alpha value is -5.04. The zero-order chi connectivity index (χ0) is 24.9. The summed E-state index contributed by atoms with van der Waals surface area (Å²) in [5.74, 6) is 0.302. The number of hydrogen-bond acceptors (Lipinski definition) is 6. The SMILES string of the molecule is Cc1ccc2occ(/C=C/C(=O)Nc3ccc(Nc4cc(-c5ccccc5)ncn4)cc3)c(=O)c2c1. The summed E-state index contributed by atoms with van der Waals surface area (Å²) in [4.78, 5) is 33.7.